The summed E-state index contributed by atoms with van der Waals surface area (Å²) in [6.45, 7) is 2.82. The Bertz CT molecular complexity index is 410. The maximum absolute atomic E-state index is 12.3. The number of rotatable bonds is 5. The van der Waals surface area contributed by atoms with Crippen molar-refractivity contribution in [3.8, 4) is 0 Å². The van der Waals surface area contributed by atoms with Crippen LogP contribution in [0.5, 0.6) is 0 Å². The number of carbonyl (C=O) groups excluding carboxylic acids is 1. The summed E-state index contributed by atoms with van der Waals surface area (Å²) < 4.78 is 0. The molecule has 1 aromatic carbocycles. The molecular formula is C15H22N2O. The van der Waals surface area contributed by atoms with Gasteiger partial charge in [0.25, 0.3) is 0 Å². The van der Waals surface area contributed by atoms with E-state index in [4.69, 9.17) is 0 Å². The average Bonchev–Trinajstić information content (AvgIpc) is 3.18. The Balaban J connectivity index is 1.98. The van der Waals surface area contributed by atoms with Crippen LogP contribution in [-0.2, 0) is 10.2 Å². The lowest BCUT2D eigenvalue weighted by Crippen LogP contribution is -2.42. The van der Waals surface area contributed by atoms with Crippen LogP contribution in [0.4, 0.5) is 0 Å². The van der Waals surface area contributed by atoms with E-state index in [-0.39, 0.29) is 11.3 Å². The van der Waals surface area contributed by atoms with E-state index in [1.807, 2.05) is 32.3 Å². The van der Waals surface area contributed by atoms with Crippen molar-refractivity contribution in [3.63, 3.8) is 0 Å². The summed E-state index contributed by atoms with van der Waals surface area (Å²) in [6, 6.07) is 10.5. The topological polar surface area (TPSA) is 32.3 Å². The van der Waals surface area contributed by atoms with E-state index in [1.165, 1.54) is 0 Å². The summed E-state index contributed by atoms with van der Waals surface area (Å²) >= 11 is 0. The molecule has 0 bridgehead atoms. The van der Waals surface area contributed by atoms with Crippen molar-refractivity contribution in [1.82, 2.24) is 10.2 Å². The molecule has 98 valence electrons. The van der Waals surface area contributed by atoms with Crippen molar-refractivity contribution < 1.29 is 4.79 Å². The highest BCUT2D eigenvalue weighted by molar-refractivity contribution is 5.91. The van der Waals surface area contributed by atoms with Crippen LogP contribution in [0.3, 0.4) is 0 Å². The Morgan fingerprint density at radius 2 is 1.94 bits per heavy atom. The number of carbonyl (C=O) groups is 1. The first-order chi connectivity index (χ1) is 8.56. The van der Waals surface area contributed by atoms with Gasteiger partial charge in [0.05, 0.1) is 5.41 Å². The molecule has 3 nitrogen and oxygen atoms in total. The predicted octanol–water partition coefficient (Wildman–Crippen LogP) is 1.78. The third-order valence-electron chi connectivity index (χ3n) is 3.95. The van der Waals surface area contributed by atoms with Gasteiger partial charge in [0.2, 0.25) is 5.91 Å². The van der Waals surface area contributed by atoms with Crippen LogP contribution in [0, 0.1) is 0 Å². The van der Waals surface area contributed by atoms with Crippen molar-refractivity contribution in [2.24, 2.45) is 0 Å². The van der Waals surface area contributed by atoms with Crippen molar-refractivity contribution in [3.05, 3.63) is 35.9 Å². The van der Waals surface area contributed by atoms with Gasteiger partial charge in [-0.2, -0.15) is 0 Å². The second-order valence-corrected chi connectivity index (χ2v) is 5.47. The number of hydrogen-bond donors (Lipinski definition) is 1. The second kappa shape index (κ2) is 5.11. The fourth-order valence-electron chi connectivity index (χ4n) is 2.12. The Morgan fingerprint density at radius 1 is 1.33 bits per heavy atom. The molecule has 1 unspecified atom stereocenters. The molecule has 1 aliphatic rings. The zero-order valence-corrected chi connectivity index (χ0v) is 11.4. The fraction of sp³-hybridized carbons (Fsp3) is 0.533. The first-order valence-corrected chi connectivity index (χ1v) is 6.56. The smallest absolute Gasteiger partial charge is 0.230 e. The molecule has 18 heavy (non-hydrogen) atoms. The molecule has 0 aliphatic heterocycles. The number of amides is 1. The molecule has 1 saturated carbocycles. The van der Waals surface area contributed by atoms with Crippen LogP contribution in [0.25, 0.3) is 0 Å². The Labute approximate surface area is 109 Å². The van der Waals surface area contributed by atoms with Gasteiger partial charge in [-0.05, 0) is 39.4 Å². The highest BCUT2D eigenvalue weighted by atomic mass is 16.2. The summed E-state index contributed by atoms with van der Waals surface area (Å²) in [7, 11) is 4.06. The number of nitrogens with zero attached hydrogens (tertiary/aromatic N) is 1. The largest absolute Gasteiger partial charge is 0.354 e. The molecule has 1 atom stereocenters. The highest BCUT2D eigenvalue weighted by Crippen LogP contribution is 2.48. The summed E-state index contributed by atoms with van der Waals surface area (Å²) in [4.78, 5) is 14.4. The number of nitrogens with one attached hydrogen (secondary N) is 1. The zero-order valence-electron chi connectivity index (χ0n) is 11.4. The quantitative estimate of drug-likeness (QED) is 0.859. The molecule has 0 radical (unpaired) electrons. The summed E-state index contributed by atoms with van der Waals surface area (Å²) in [5.74, 6) is 0.183. The molecule has 0 aromatic heterocycles. The third-order valence-corrected chi connectivity index (χ3v) is 3.95. The molecule has 3 heteroatoms. The minimum atomic E-state index is -0.243. The summed E-state index contributed by atoms with van der Waals surface area (Å²) in [5, 5.41) is 3.08. The maximum Gasteiger partial charge on any atom is 0.230 e. The average molecular weight is 246 g/mol. The molecule has 2 rings (SSSR count). The van der Waals surface area contributed by atoms with Crippen LogP contribution in [0.2, 0.25) is 0 Å². The maximum atomic E-state index is 12.3. The van der Waals surface area contributed by atoms with Gasteiger partial charge in [0.1, 0.15) is 0 Å². The Morgan fingerprint density at radius 3 is 2.44 bits per heavy atom. The molecule has 0 spiro atoms. The van der Waals surface area contributed by atoms with Crippen LogP contribution >= 0.6 is 0 Å². The molecule has 0 heterocycles. The molecule has 1 N–H and O–H groups in total. The lowest BCUT2D eigenvalue weighted by Gasteiger charge is -2.22. The minimum Gasteiger partial charge on any atom is -0.354 e. The molecule has 0 saturated heterocycles. The van der Waals surface area contributed by atoms with E-state index in [9.17, 15) is 4.79 Å². The van der Waals surface area contributed by atoms with Crippen LogP contribution in [-0.4, -0.2) is 37.5 Å². The van der Waals surface area contributed by atoms with Gasteiger partial charge in [-0.15, -0.1) is 0 Å². The van der Waals surface area contributed by atoms with Gasteiger partial charge in [0.15, 0.2) is 0 Å². The fourth-order valence-corrected chi connectivity index (χ4v) is 2.12. The van der Waals surface area contributed by atoms with Crippen LogP contribution in [0.1, 0.15) is 25.3 Å². The van der Waals surface area contributed by atoms with Gasteiger partial charge in [-0.3, -0.25) is 4.79 Å². The second-order valence-electron chi connectivity index (χ2n) is 5.47. The van der Waals surface area contributed by atoms with E-state index in [0.717, 1.165) is 18.4 Å². The molecular weight excluding hydrogens is 224 g/mol. The lowest BCUT2D eigenvalue weighted by atomic mass is 9.95. The van der Waals surface area contributed by atoms with E-state index >= 15 is 0 Å². The normalized spacial score (nSPS) is 18.4. The van der Waals surface area contributed by atoms with E-state index < -0.39 is 0 Å². The lowest BCUT2D eigenvalue weighted by molar-refractivity contribution is -0.123. The Hall–Kier alpha value is -1.35. The SMILES string of the molecule is CC(CNC(=O)C1(c2ccccc2)CC1)N(C)C. The number of benzene rings is 1. The standard InChI is InChI=1S/C15H22N2O/c1-12(17(2)3)11-16-14(18)15(9-10-15)13-7-5-4-6-8-13/h4-8,12H,9-11H2,1-3H3,(H,16,18). The van der Waals surface area contributed by atoms with E-state index in [1.54, 1.807) is 0 Å². The van der Waals surface area contributed by atoms with E-state index in [0.29, 0.717) is 12.6 Å². The van der Waals surface area contributed by atoms with Gasteiger partial charge in [-0.25, -0.2) is 0 Å². The van der Waals surface area contributed by atoms with Crippen molar-refractivity contribution in [2.75, 3.05) is 20.6 Å². The van der Waals surface area contributed by atoms with E-state index in [2.05, 4.69) is 29.3 Å². The van der Waals surface area contributed by atoms with Gasteiger partial charge < -0.3 is 10.2 Å². The van der Waals surface area contributed by atoms with Crippen LogP contribution < -0.4 is 5.32 Å². The minimum absolute atomic E-state index is 0.183. The van der Waals surface area contributed by atoms with Crippen LogP contribution in [0.15, 0.2) is 30.3 Å². The van der Waals surface area contributed by atoms with Gasteiger partial charge in [-0.1, -0.05) is 30.3 Å². The monoisotopic (exact) mass is 246 g/mol. The zero-order chi connectivity index (χ0) is 13.2. The van der Waals surface area contributed by atoms with Gasteiger partial charge in [0, 0.05) is 12.6 Å². The van der Waals surface area contributed by atoms with Crippen molar-refractivity contribution in [1.29, 1.82) is 0 Å². The summed E-state index contributed by atoms with van der Waals surface area (Å²) in [6.07, 6.45) is 1.94. The van der Waals surface area contributed by atoms with Crippen molar-refractivity contribution >= 4 is 5.91 Å². The first kappa shape index (κ1) is 13.1. The van der Waals surface area contributed by atoms with Crippen molar-refractivity contribution in [2.45, 2.75) is 31.2 Å². The molecule has 1 aliphatic carbocycles. The van der Waals surface area contributed by atoms with Gasteiger partial charge >= 0.3 is 0 Å². The Kier molecular flexibility index (Phi) is 3.71. The molecule has 1 aromatic rings. The predicted molar refractivity (Wildman–Crippen MR) is 73.5 cm³/mol. The third kappa shape index (κ3) is 2.56. The molecule has 1 fully saturated rings. The highest BCUT2D eigenvalue weighted by Gasteiger charge is 2.50. The first-order valence-electron chi connectivity index (χ1n) is 6.56. The number of hydrogen-bond acceptors (Lipinski definition) is 2. The summed E-state index contributed by atoms with van der Waals surface area (Å²) in [5.41, 5.74) is 0.910. The number of likely N-dealkylation sites (N-methyl/N-ethyl adjacent to an activating group) is 1. The molecule has 1 amide bonds.